The van der Waals surface area contributed by atoms with Crippen LogP contribution in [-0.4, -0.2) is 60.6 Å². The topological polar surface area (TPSA) is 95.9 Å². The number of carbonyl (C=O) groups excluding carboxylic acids is 2. The highest BCUT2D eigenvalue weighted by Crippen LogP contribution is 2.12. The van der Waals surface area contributed by atoms with Gasteiger partial charge in [-0.1, -0.05) is 0 Å². The third-order valence-corrected chi connectivity index (χ3v) is 2.68. The van der Waals surface area contributed by atoms with Crippen LogP contribution in [-0.2, 0) is 19.1 Å². The van der Waals surface area contributed by atoms with Crippen LogP contribution in [0.15, 0.2) is 0 Å². The minimum absolute atomic E-state index is 0.0310. The minimum Gasteiger partial charge on any atom is -0.480 e. The molecule has 0 aromatic carbocycles. The number of methoxy groups -OCH3 is 1. The number of rotatable bonds is 5. The highest BCUT2D eigenvalue weighted by atomic mass is 16.5. The van der Waals surface area contributed by atoms with E-state index in [9.17, 15) is 14.4 Å². The van der Waals surface area contributed by atoms with Gasteiger partial charge in [-0.15, -0.1) is 0 Å². The summed E-state index contributed by atoms with van der Waals surface area (Å²) in [5, 5.41) is 11.6. The average Bonchev–Trinajstić information content (AvgIpc) is 2.28. The van der Waals surface area contributed by atoms with E-state index in [1.54, 1.807) is 0 Å². The van der Waals surface area contributed by atoms with Crippen LogP contribution >= 0.6 is 0 Å². The summed E-state index contributed by atoms with van der Waals surface area (Å²) >= 11 is 0. The molecule has 2 amide bonds. The smallest absolute Gasteiger partial charge is 0.323 e. The molecular weight excluding hydrogens is 228 g/mol. The van der Waals surface area contributed by atoms with Gasteiger partial charge in [-0.05, 0) is 6.42 Å². The minimum atomic E-state index is -1.08. The Morgan fingerprint density at radius 1 is 1.65 bits per heavy atom. The lowest BCUT2D eigenvalue weighted by Crippen LogP contribution is -2.56. The highest BCUT2D eigenvalue weighted by molar-refractivity contribution is 6.00. The molecule has 7 heteroatoms. The van der Waals surface area contributed by atoms with Crippen molar-refractivity contribution < 1.29 is 24.2 Å². The van der Waals surface area contributed by atoms with Crippen LogP contribution in [0.3, 0.4) is 0 Å². The zero-order valence-electron chi connectivity index (χ0n) is 9.80. The molecule has 2 N–H and O–H groups in total. The molecule has 0 radical (unpaired) electrons. The summed E-state index contributed by atoms with van der Waals surface area (Å²) in [6.07, 6.45) is 0.550. The number of likely N-dealkylation sites (tertiary alicyclic amines) is 1. The Balaban J connectivity index is 2.64. The van der Waals surface area contributed by atoms with E-state index in [1.165, 1.54) is 14.2 Å². The van der Waals surface area contributed by atoms with Gasteiger partial charge >= 0.3 is 5.97 Å². The Morgan fingerprint density at radius 2 is 2.29 bits per heavy atom. The number of hydrogen-bond acceptors (Lipinski definition) is 5. The Labute approximate surface area is 98.7 Å². The lowest BCUT2D eigenvalue weighted by Gasteiger charge is -2.30. The predicted molar refractivity (Wildman–Crippen MR) is 57.2 cm³/mol. The molecule has 1 aliphatic heterocycles. The zero-order chi connectivity index (χ0) is 13.0. The molecule has 1 aliphatic rings. The molecule has 0 aliphatic carbocycles. The zero-order valence-corrected chi connectivity index (χ0v) is 9.80. The number of carbonyl (C=O) groups is 3. The van der Waals surface area contributed by atoms with Crippen LogP contribution in [0.1, 0.15) is 12.8 Å². The molecule has 1 rings (SSSR count). The summed E-state index contributed by atoms with van der Waals surface area (Å²) < 4.78 is 4.75. The molecule has 96 valence electrons. The van der Waals surface area contributed by atoms with Gasteiger partial charge in [0.25, 0.3) is 0 Å². The lowest BCUT2D eigenvalue weighted by atomic mass is 10.0. The van der Waals surface area contributed by atoms with Crippen LogP contribution in [0, 0.1) is 0 Å². The Bertz CT molecular complexity index is 331. The van der Waals surface area contributed by atoms with Gasteiger partial charge in [0.05, 0.1) is 12.6 Å². The normalized spacial score (nSPS) is 22.7. The van der Waals surface area contributed by atoms with Gasteiger partial charge in [0.2, 0.25) is 11.8 Å². The summed E-state index contributed by atoms with van der Waals surface area (Å²) in [6.45, 7) is -0.0310. The molecule has 17 heavy (non-hydrogen) atoms. The summed E-state index contributed by atoms with van der Waals surface area (Å²) in [4.78, 5) is 34.8. The molecule has 0 bridgehead atoms. The number of amides is 2. The quantitative estimate of drug-likeness (QED) is 0.591. The van der Waals surface area contributed by atoms with Gasteiger partial charge in [0, 0.05) is 20.6 Å². The van der Waals surface area contributed by atoms with E-state index in [1.807, 2.05) is 0 Å². The van der Waals surface area contributed by atoms with Crippen LogP contribution in [0.25, 0.3) is 0 Å². The molecule has 0 aromatic heterocycles. The van der Waals surface area contributed by atoms with E-state index < -0.39 is 24.0 Å². The molecule has 0 aromatic rings. The van der Waals surface area contributed by atoms with Crippen molar-refractivity contribution >= 4 is 17.8 Å². The highest BCUT2D eigenvalue weighted by Gasteiger charge is 2.34. The summed E-state index contributed by atoms with van der Waals surface area (Å²) in [7, 11) is 2.78. The van der Waals surface area contributed by atoms with Crippen molar-refractivity contribution in [2.45, 2.75) is 24.9 Å². The number of piperidine rings is 1. The molecule has 0 saturated carbocycles. The number of aliphatic carboxylic acids is 1. The first-order valence-electron chi connectivity index (χ1n) is 5.25. The number of imide groups is 1. The van der Waals surface area contributed by atoms with Crippen molar-refractivity contribution in [2.24, 2.45) is 0 Å². The fraction of sp³-hybridized carbons (Fsp3) is 0.700. The van der Waals surface area contributed by atoms with E-state index in [2.05, 4.69) is 5.32 Å². The molecule has 7 nitrogen and oxygen atoms in total. The number of likely N-dealkylation sites (N-methyl/N-ethyl adjacent to an activating group) is 1. The number of ether oxygens (including phenoxy) is 1. The fourth-order valence-corrected chi connectivity index (χ4v) is 1.67. The number of nitrogens with one attached hydrogen (secondary N) is 1. The van der Waals surface area contributed by atoms with Crippen LogP contribution in [0.2, 0.25) is 0 Å². The SMILES string of the molecule is COCC(NC1CCC(=O)N(C)C1=O)C(=O)O. The standard InChI is InChI=1S/C10H16N2O5/c1-12-8(13)4-3-6(9(12)14)11-7(5-17-2)10(15)16/h6-7,11H,3-5H2,1-2H3,(H,15,16). The Morgan fingerprint density at radius 3 is 2.82 bits per heavy atom. The second-order valence-electron chi connectivity index (χ2n) is 3.90. The summed E-state index contributed by atoms with van der Waals surface area (Å²) in [5.41, 5.74) is 0. The number of carboxylic acid groups (broad SMARTS) is 1. The van der Waals surface area contributed by atoms with E-state index >= 15 is 0 Å². The van der Waals surface area contributed by atoms with Gasteiger partial charge in [0.1, 0.15) is 6.04 Å². The predicted octanol–water partition coefficient (Wildman–Crippen LogP) is -1.18. The monoisotopic (exact) mass is 244 g/mol. The maximum absolute atomic E-state index is 11.7. The summed E-state index contributed by atoms with van der Waals surface area (Å²) in [5.74, 6) is -1.73. The van der Waals surface area contributed by atoms with Crippen molar-refractivity contribution in [1.82, 2.24) is 10.2 Å². The largest absolute Gasteiger partial charge is 0.480 e. The molecule has 1 heterocycles. The van der Waals surface area contributed by atoms with Crippen molar-refractivity contribution in [1.29, 1.82) is 0 Å². The summed E-state index contributed by atoms with van der Waals surface area (Å²) in [6, 6.07) is -1.59. The van der Waals surface area contributed by atoms with Crippen LogP contribution in [0.4, 0.5) is 0 Å². The van der Waals surface area contributed by atoms with Gasteiger partial charge in [0.15, 0.2) is 0 Å². The second kappa shape index (κ2) is 5.74. The number of nitrogens with zero attached hydrogens (tertiary/aromatic N) is 1. The first-order valence-corrected chi connectivity index (χ1v) is 5.25. The van der Waals surface area contributed by atoms with E-state index in [4.69, 9.17) is 9.84 Å². The Hall–Kier alpha value is -1.47. The first-order chi connectivity index (χ1) is 7.97. The van der Waals surface area contributed by atoms with Gasteiger partial charge < -0.3 is 9.84 Å². The van der Waals surface area contributed by atoms with Crippen molar-refractivity contribution in [3.8, 4) is 0 Å². The number of carboxylic acids is 1. The van der Waals surface area contributed by atoms with E-state index in [0.717, 1.165) is 4.90 Å². The van der Waals surface area contributed by atoms with Crippen LogP contribution < -0.4 is 5.32 Å². The first kappa shape index (κ1) is 13.6. The Kier molecular flexibility index (Phi) is 4.59. The van der Waals surface area contributed by atoms with Crippen LogP contribution in [0.5, 0.6) is 0 Å². The third kappa shape index (κ3) is 3.24. The second-order valence-corrected chi connectivity index (χ2v) is 3.90. The molecule has 2 atom stereocenters. The molecular formula is C10H16N2O5. The van der Waals surface area contributed by atoms with E-state index in [0.29, 0.717) is 6.42 Å². The van der Waals surface area contributed by atoms with Gasteiger partial charge in [-0.3, -0.25) is 24.6 Å². The molecule has 1 fully saturated rings. The molecule has 1 saturated heterocycles. The van der Waals surface area contributed by atoms with Gasteiger partial charge in [-0.2, -0.15) is 0 Å². The number of hydrogen-bond donors (Lipinski definition) is 2. The van der Waals surface area contributed by atoms with Crippen molar-refractivity contribution in [2.75, 3.05) is 20.8 Å². The lowest BCUT2D eigenvalue weighted by molar-refractivity contribution is -0.148. The maximum atomic E-state index is 11.7. The molecule has 2 unspecified atom stereocenters. The fourth-order valence-electron chi connectivity index (χ4n) is 1.67. The van der Waals surface area contributed by atoms with Crippen molar-refractivity contribution in [3.05, 3.63) is 0 Å². The molecule has 0 spiro atoms. The van der Waals surface area contributed by atoms with Crippen molar-refractivity contribution in [3.63, 3.8) is 0 Å². The maximum Gasteiger partial charge on any atom is 0.323 e. The van der Waals surface area contributed by atoms with E-state index in [-0.39, 0.29) is 18.9 Å². The third-order valence-electron chi connectivity index (χ3n) is 2.68. The van der Waals surface area contributed by atoms with Gasteiger partial charge in [-0.25, -0.2) is 0 Å². The average molecular weight is 244 g/mol.